The number of nitrogens with one attached hydrogen (secondary N) is 1. The fourth-order valence-corrected chi connectivity index (χ4v) is 2.04. The predicted molar refractivity (Wildman–Crippen MR) is 57.0 cm³/mol. The minimum Gasteiger partial charge on any atom is -0.314 e. The topological polar surface area (TPSA) is 18.5 Å². The molecule has 0 radical (unpaired) electrons. The van der Waals surface area contributed by atoms with Crippen molar-refractivity contribution < 1.29 is 0 Å². The van der Waals surface area contributed by atoms with E-state index in [9.17, 15) is 0 Å². The molecule has 3 heteroatoms. The van der Waals surface area contributed by atoms with Gasteiger partial charge in [0.1, 0.15) is 0 Å². The summed E-state index contributed by atoms with van der Waals surface area (Å²) >= 11 is 0. The minimum absolute atomic E-state index is 0.623. The Balaban J connectivity index is 2.56. The lowest BCUT2D eigenvalue weighted by atomic mass is 10.1. The van der Waals surface area contributed by atoms with Crippen LogP contribution in [0.4, 0.5) is 0 Å². The van der Waals surface area contributed by atoms with Gasteiger partial charge in [-0.15, -0.1) is 0 Å². The largest absolute Gasteiger partial charge is 0.314 e. The van der Waals surface area contributed by atoms with E-state index in [1.54, 1.807) is 0 Å². The van der Waals surface area contributed by atoms with E-state index in [2.05, 4.69) is 50.1 Å². The Morgan fingerprint density at radius 3 is 2.23 bits per heavy atom. The van der Waals surface area contributed by atoms with E-state index in [0.29, 0.717) is 18.1 Å². The van der Waals surface area contributed by atoms with E-state index in [0.717, 1.165) is 0 Å². The Labute approximate surface area is 82.1 Å². The van der Waals surface area contributed by atoms with Crippen molar-refractivity contribution in [3.63, 3.8) is 0 Å². The molecular formula is C10H23N3. The van der Waals surface area contributed by atoms with Crippen LogP contribution in [-0.4, -0.2) is 62.2 Å². The standard InChI is InChI=1S/C10H23N3/c1-8(2)13-6-9(11-3)10(7-13)12(4)5/h8-11H,6-7H2,1-5H3/t9-,10-/m0/s1. The molecule has 1 heterocycles. The van der Waals surface area contributed by atoms with Gasteiger partial charge in [0.25, 0.3) is 0 Å². The molecule has 78 valence electrons. The molecular weight excluding hydrogens is 162 g/mol. The van der Waals surface area contributed by atoms with Crippen molar-refractivity contribution in [1.82, 2.24) is 15.1 Å². The van der Waals surface area contributed by atoms with Gasteiger partial charge in [-0.2, -0.15) is 0 Å². The molecule has 3 nitrogen and oxygen atoms in total. The number of hydrogen-bond donors (Lipinski definition) is 1. The zero-order chi connectivity index (χ0) is 10.0. The summed E-state index contributed by atoms with van der Waals surface area (Å²) in [5.41, 5.74) is 0. The van der Waals surface area contributed by atoms with Gasteiger partial charge in [0.05, 0.1) is 0 Å². The number of likely N-dealkylation sites (tertiary alicyclic amines) is 1. The van der Waals surface area contributed by atoms with E-state index < -0.39 is 0 Å². The Morgan fingerprint density at radius 1 is 1.31 bits per heavy atom. The molecule has 1 N–H and O–H groups in total. The van der Waals surface area contributed by atoms with E-state index in [1.165, 1.54) is 13.1 Å². The minimum atomic E-state index is 0.623. The van der Waals surface area contributed by atoms with Gasteiger partial charge in [-0.25, -0.2) is 0 Å². The number of hydrogen-bond acceptors (Lipinski definition) is 3. The summed E-state index contributed by atoms with van der Waals surface area (Å²) in [4.78, 5) is 4.86. The van der Waals surface area contributed by atoms with Crippen LogP contribution >= 0.6 is 0 Å². The molecule has 0 bridgehead atoms. The van der Waals surface area contributed by atoms with Gasteiger partial charge in [-0.3, -0.25) is 4.90 Å². The average molecular weight is 185 g/mol. The average Bonchev–Trinajstić information content (AvgIpc) is 2.47. The second-order valence-electron chi connectivity index (χ2n) is 4.47. The normalized spacial score (nSPS) is 30.7. The van der Waals surface area contributed by atoms with Crippen molar-refractivity contribution in [2.75, 3.05) is 34.2 Å². The van der Waals surface area contributed by atoms with Gasteiger partial charge in [-0.1, -0.05) is 0 Å². The van der Waals surface area contributed by atoms with Gasteiger partial charge in [0.15, 0.2) is 0 Å². The molecule has 0 saturated carbocycles. The van der Waals surface area contributed by atoms with Crippen LogP contribution in [0.3, 0.4) is 0 Å². The lowest BCUT2D eigenvalue weighted by molar-refractivity contribution is 0.234. The second-order valence-corrected chi connectivity index (χ2v) is 4.47. The van der Waals surface area contributed by atoms with Crippen molar-refractivity contribution in [1.29, 1.82) is 0 Å². The molecule has 0 aliphatic carbocycles. The van der Waals surface area contributed by atoms with Crippen molar-refractivity contribution in [2.24, 2.45) is 0 Å². The highest BCUT2D eigenvalue weighted by molar-refractivity contribution is 4.94. The quantitative estimate of drug-likeness (QED) is 0.679. The Hall–Kier alpha value is -0.120. The number of rotatable bonds is 3. The molecule has 1 fully saturated rings. The molecule has 1 aliphatic rings. The van der Waals surface area contributed by atoms with Crippen LogP contribution in [0.15, 0.2) is 0 Å². The molecule has 0 amide bonds. The molecule has 0 spiro atoms. The molecule has 0 aromatic carbocycles. The van der Waals surface area contributed by atoms with Crippen LogP contribution in [0.2, 0.25) is 0 Å². The van der Waals surface area contributed by atoms with Gasteiger partial charge in [0, 0.05) is 31.2 Å². The summed E-state index contributed by atoms with van der Waals surface area (Å²) in [5, 5.41) is 3.40. The third-order valence-corrected chi connectivity index (χ3v) is 3.08. The summed E-state index contributed by atoms with van der Waals surface area (Å²) in [5.74, 6) is 0. The number of likely N-dealkylation sites (N-methyl/N-ethyl adjacent to an activating group) is 2. The molecule has 13 heavy (non-hydrogen) atoms. The van der Waals surface area contributed by atoms with Gasteiger partial charge < -0.3 is 10.2 Å². The van der Waals surface area contributed by atoms with Gasteiger partial charge >= 0.3 is 0 Å². The molecule has 0 aromatic heterocycles. The maximum Gasteiger partial charge on any atom is 0.0382 e. The van der Waals surface area contributed by atoms with Gasteiger partial charge in [-0.05, 0) is 35.0 Å². The molecule has 1 saturated heterocycles. The highest BCUT2D eigenvalue weighted by Gasteiger charge is 2.33. The molecule has 1 aliphatic heterocycles. The van der Waals surface area contributed by atoms with Crippen LogP contribution in [0.1, 0.15) is 13.8 Å². The maximum absolute atomic E-state index is 3.40. The monoisotopic (exact) mass is 185 g/mol. The Morgan fingerprint density at radius 2 is 1.92 bits per heavy atom. The van der Waals surface area contributed by atoms with Gasteiger partial charge in [0.2, 0.25) is 0 Å². The fraction of sp³-hybridized carbons (Fsp3) is 1.00. The highest BCUT2D eigenvalue weighted by atomic mass is 15.3. The summed E-state index contributed by atoms with van der Waals surface area (Å²) in [6.07, 6.45) is 0. The highest BCUT2D eigenvalue weighted by Crippen LogP contribution is 2.16. The molecule has 0 unspecified atom stereocenters. The Bertz CT molecular complexity index is 156. The smallest absolute Gasteiger partial charge is 0.0382 e. The third kappa shape index (κ3) is 2.42. The zero-order valence-corrected chi connectivity index (χ0v) is 9.54. The predicted octanol–water partition coefficient (Wildman–Crippen LogP) is 0.229. The molecule has 0 aromatic rings. The van der Waals surface area contributed by atoms with E-state index >= 15 is 0 Å². The Kier molecular flexibility index (Phi) is 3.71. The fourth-order valence-electron chi connectivity index (χ4n) is 2.04. The van der Waals surface area contributed by atoms with E-state index in [-0.39, 0.29) is 0 Å². The van der Waals surface area contributed by atoms with Crippen molar-refractivity contribution in [3.05, 3.63) is 0 Å². The van der Waals surface area contributed by atoms with Crippen LogP contribution in [0.25, 0.3) is 0 Å². The third-order valence-electron chi connectivity index (χ3n) is 3.08. The summed E-state index contributed by atoms with van der Waals surface area (Å²) in [6, 6.07) is 1.95. The lowest BCUT2D eigenvalue weighted by Crippen LogP contribution is -2.44. The van der Waals surface area contributed by atoms with Crippen LogP contribution < -0.4 is 5.32 Å². The van der Waals surface area contributed by atoms with E-state index in [4.69, 9.17) is 0 Å². The van der Waals surface area contributed by atoms with Crippen molar-refractivity contribution in [2.45, 2.75) is 32.0 Å². The summed E-state index contributed by atoms with van der Waals surface area (Å²) < 4.78 is 0. The first-order valence-corrected chi connectivity index (χ1v) is 5.14. The zero-order valence-electron chi connectivity index (χ0n) is 9.54. The van der Waals surface area contributed by atoms with Crippen LogP contribution in [-0.2, 0) is 0 Å². The first kappa shape index (κ1) is 11.0. The van der Waals surface area contributed by atoms with Crippen molar-refractivity contribution >= 4 is 0 Å². The SMILES string of the molecule is CN[C@H]1CN(C(C)C)C[C@@H]1N(C)C. The summed E-state index contributed by atoms with van der Waals surface area (Å²) in [7, 11) is 6.39. The second kappa shape index (κ2) is 4.40. The summed E-state index contributed by atoms with van der Waals surface area (Å²) in [6.45, 7) is 6.91. The first-order valence-electron chi connectivity index (χ1n) is 5.14. The molecule has 1 rings (SSSR count). The van der Waals surface area contributed by atoms with E-state index in [1.807, 2.05) is 0 Å². The van der Waals surface area contributed by atoms with Crippen LogP contribution in [0.5, 0.6) is 0 Å². The van der Waals surface area contributed by atoms with Crippen LogP contribution in [0, 0.1) is 0 Å². The number of nitrogens with zero attached hydrogens (tertiary/aromatic N) is 2. The first-order chi connectivity index (χ1) is 6.06. The lowest BCUT2D eigenvalue weighted by Gasteiger charge is -2.24. The maximum atomic E-state index is 3.40. The molecule has 2 atom stereocenters. The van der Waals surface area contributed by atoms with Crippen molar-refractivity contribution in [3.8, 4) is 0 Å².